The number of hydrogen-bond donors (Lipinski definition) is 3. The summed E-state index contributed by atoms with van der Waals surface area (Å²) in [5.74, 6) is -0.602. The third kappa shape index (κ3) is 5.88. The Bertz CT molecular complexity index is 1780. The van der Waals surface area contributed by atoms with Crippen molar-refractivity contribution < 1.29 is 35.8 Å². The predicted molar refractivity (Wildman–Crippen MR) is 143 cm³/mol. The summed E-state index contributed by atoms with van der Waals surface area (Å²) in [7, 11) is -8.70. The second-order valence-corrected chi connectivity index (χ2v) is 11.1. The molecule has 1 aliphatic rings. The molecule has 3 aromatic rings. The van der Waals surface area contributed by atoms with E-state index in [1.54, 1.807) is 44.2 Å². The molecule has 0 saturated heterocycles. The molecule has 0 bridgehead atoms. The van der Waals surface area contributed by atoms with E-state index in [-0.39, 0.29) is 15.7 Å². The number of carbonyl (C=O) groups excluding carboxylic acids is 1. The molecule has 0 spiro atoms. The Labute approximate surface area is 224 Å². The van der Waals surface area contributed by atoms with Crippen LogP contribution < -0.4 is 5.01 Å². The van der Waals surface area contributed by atoms with E-state index < -0.39 is 26.1 Å². The zero-order valence-electron chi connectivity index (χ0n) is 20.5. The molecule has 0 unspecified atom stereocenters. The Balaban J connectivity index is 1.48. The van der Waals surface area contributed by atoms with Crippen LogP contribution in [0.1, 0.15) is 18.2 Å². The van der Waals surface area contributed by atoms with Gasteiger partial charge in [-0.3, -0.25) is 13.9 Å². The number of carbonyl (C=O) groups is 1. The molecule has 12 nitrogen and oxygen atoms in total. The van der Waals surface area contributed by atoms with Crippen LogP contribution in [0.2, 0.25) is 0 Å². The van der Waals surface area contributed by atoms with Crippen LogP contribution in [0.25, 0.3) is 11.8 Å². The summed E-state index contributed by atoms with van der Waals surface area (Å²) in [5.41, 5.74) is 2.39. The molecule has 1 aliphatic heterocycles. The number of benzene rings is 2. The van der Waals surface area contributed by atoms with Gasteiger partial charge in [-0.15, -0.1) is 0 Å². The van der Waals surface area contributed by atoms with Crippen molar-refractivity contribution in [3.05, 3.63) is 89.7 Å². The van der Waals surface area contributed by atoms with E-state index in [9.17, 15) is 26.7 Å². The van der Waals surface area contributed by atoms with Gasteiger partial charge in [0, 0.05) is 0 Å². The van der Waals surface area contributed by atoms with Crippen molar-refractivity contribution >= 4 is 43.6 Å². The Morgan fingerprint density at radius 1 is 0.795 bits per heavy atom. The number of hydrogen-bond acceptors (Lipinski definition) is 8. The number of aromatic hydroxyl groups is 1. The van der Waals surface area contributed by atoms with E-state index in [0.29, 0.717) is 33.9 Å². The van der Waals surface area contributed by atoms with E-state index >= 15 is 0 Å². The van der Waals surface area contributed by atoms with Crippen LogP contribution in [0.5, 0.6) is 5.88 Å². The summed E-state index contributed by atoms with van der Waals surface area (Å²) in [5, 5.41) is 20.2. The van der Waals surface area contributed by atoms with Crippen molar-refractivity contribution in [2.24, 2.45) is 5.10 Å². The molecule has 202 valence electrons. The molecule has 39 heavy (non-hydrogen) atoms. The van der Waals surface area contributed by atoms with Gasteiger partial charge in [-0.25, -0.2) is 4.68 Å². The maximum Gasteiger partial charge on any atom is 0.294 e. The zero-order chi connectivity index (χ0) is 28.5. The third-order valence-electron chi connectivity index (χ3n) is 5.65. The summed E-state index contributed by atoms with van der Waals surface area (Å²) in [6.45, 7) is 3.33. The van der Waals surface area contributed by atoms with E-state index in [1.807, 2.05) is 0 Å². The first-order valence-electron chi connectivity index (χ1n) is 11.2. The molecule has 0 fully saturated rings. The summed E-state index contributed by atoms with van der Waals surface area (Å²) < 4.78 is 64.4. The lowest BCUT2D eigenvalue weighted by molar-refractivity contribution is -0.114. The maximum atomic E-state index is 12.8. The second kappa shape index (κ2) is 10.4. The van der Waals surface area contributed by atoms with E-state index in [2.05, 4.69) is 10.2 Å². The first-order valence-corrected chi connectivity index (χ1v) is 14.0. The molecule has 1 aromatic heterocycles. The first-order chi connectivity index (χ1) is 18.3. The van der Waals surface area contributed by atoms with Gasteiger partial charge >= 0.3 is 0 Å². The smallest absolute Gasteiger partial charge is 0.294 e. The molecule has 2 heterocycles. The van der Waals surface area contributed by atoms with Crippen molar-refractivity contribution in [2.75, 3.05) is 5.01 Å². The Morgan fingerprint density at radius 3 is 1.87 bits per heavy atom. The average Bonchev–Trinajstić information content (AvgIpc) is 3.32. The van der Waals surface area contributed by atoms with Gasteiger partial charge in [-0.1, -0.05) is 18.2 Å². The number of hydrazone groups is 1. The van der Waals surface area contributed by atoms with Crippen LogP contribution in [0, 0.1) is 6.92 Å². The largest absolute Gasteiger partial charge is 0.493 e. The number of rotatable bonds is 7. The Kier molecular flexibility index (Phi) is 7.39. The number of aryl methyl sites for hydroxylation is 1. The minimum atomic E-state index is -4.36. The fourth-order valence-electron chi connectivity index (χ4n) is 3.67. The van der Waals surface area contributed by atoms with Gasteiger partial charge < -0.3 is 5.11 Å². The van der Waals surface area contributed by atoms with Crippen molar-refractivity contribution in [3.8, 4) is 11.6 Å². The number of anilines is 1. The molecule has 4 rings (SSSR count). The van der Waals surface area contributed by atoms with Crippen LogP contribution >= 0.6 is 0 Å². The highest BCUT2D eigenvalue weighted by Gasteiger charge is 2.28. The third-order valence-corrected chi connectivity index (χ3v) is 7.39. The van der Waals surface area contributed by atoms with Crippen molar-refractivity contribution in [1.29, 1.82) is 0 Å². The number of aromatic nitrogens is 2. The van der Waals surface area contributed by atoms with Crippen LogP contribution in [0.15, 0.2) is 93.3 Å². The molecule has 0 saturated carbocycles. The van der Waals surface area contributed by atoms with Gasteiger partial charge in [0.05, 0.1) is 43.7 Å². The van der Waals surface area contributed by atoms with Gasteiger partial charge in [-0.05, 0) is 74.5 Å². The highest BCUT2D eigenvalue weighted by Crippen LogP contribution is 2.27. The monoisotopic (exact) mass is 570 g/mol. The van der Waals surface area contributed by atoms with Crippen LogP contribution in [-0.2, 0) is 25.0 Å². The van der Waals surface area contributed by atoms with E-state index in [1.165, 1.54) is 53.2 Å². The molecule has 0 aliphatic carbocycles. The van der Waals surface area contributed by atoms with Crippen LogP contribution in [0.3, 0.4) is 0 Å². The second-order valence-electron chi connectivity index (χ2n) is 8.30. The summed E-state index contributed by atoms with van der Waals surface area (Å²) >= 11 is 0. The molecule has 1 amide bonds. The lowest BCUT2D eigenvalue weighted by Crippen LogP contribution is -2.21. The van der Waals surface area contributed by atoms with Gasteiger partial charge in [0.15, 0.2) is 0 Å². The van der Waals surface area contributed by atoms with Crippen molar-refractivity contribution in [3.63, 3.8) is 0 Å². The molecular formula is C25H22N4O8S2. The number of amides is 1. The molecule has 14 heteroatoms. The van der Waals surface area contributed by atoms with Crippen molar-refractivity contribution in [2.45, 2.75) is 23.6 Å². The Morgan fingerprint density at radius 2 is 1.33 bits per heavy atom. The normalized spacial score (nSPS) is 15.7. The summed E-state index contributed by atoms with van der Waals surface area (Å²) in [6, 6.07) is 10.2. The average molecular weight is 571 g/mol. The number of nitrogens with zero attached hydrogens (tertiary/aromatic N) is 4. The maximum absolute atomic E-state index is 12.8. The topological polar surface area (TPSA) is 179 Å². The lowest BCUT2D eigenvalue weighted by atomic mass is 10.1. The van der Waals surface area contributed by atoms with E-state index in [0.717, 1.165) is 5.01 Å². The first kappa shape index (κ1) is 27.7. The molecular weight excluding hydrogens is 548 g/mol. The minimum absolute atomic E-state index is 0.181. The highest BCUT2D eigenvalue weighted by molar-refractivity contribution is 7.86. The zero-order valence-corrected chi connectivity index (χ0v) is 22.1. The Hall–Kier alpha value is -4.37. The summed E-state index contributed by atoms with van der Waals surface area (Å²) in [4.78, 5) is 12.2. The van der Waals surface area contributed by atoms with Crippen LogP contribution in [0.4, 0.5) is 5.69 Å². The molecule has 0 atom stereocenters. The van der Waals surface area contributed by atoms with Crippen molar-refractivity contribution in [1.82, 2.24) is 9.78 Å². The predicted octanol–water partition coefficient (Wildman–Crippen LogP) is 3.30. The fourth-order valence-corrected chi connectivity index (χ4v) is 4.63. The lowest BCUT2D eigenvalue weighted by Gasteiger charge is -2.11. The minimum Gasteiger partial charge on any atom is -0.493 e. The SMILES string of the molecule is CC1=NN(c2ccc(S(=O)(=O)O)cc2)C(=O)/C1=C\C=CC=Cc1c(C)nn(-c2ccc(S(=O)(=O)O)cc2)c1O. The fraction of sp³-hybridized carbons (Fsp3) is 0.0800. The van der Waals surface area contributed by atoms with Gasteiger partial charge in [-0.2, -0.15) is 32.0 Å². The molecule has 0 radical (unpaired) electrons. The van der Waals surface area contributed by atoms with Gasteiger partial charge in [0.1, 0.15) is 0 Å². The van der Waals surface area contributed by atoms with Gasteiger partial charge in [0.25, 0.3) is 26.1 Å². The quantitative estimate of drug-likeness (QED) is 0.218. The summed E-state index contributed by atoms with van der Waals surface area (Å²) in [6.07, 6.45) is 8.04. The van der Waals surface area contributed by atoms with Gasteiger partial charge in [0.2, 0.25) is 5.88 Å². The van der Waals surface area contributed by atoms with Crippen LogP contribution in [-0.4, -0.2) is 52.4 Å². The molecule has 3 N–H and O–H groups in total. The highest BCUT2D eigenvalue weighted by atomic mass is 32.2. The standard InChI is InChI=1S/C25H22N4O8S2/c1-16-22(24(30)28(26-16)18-8-12-20(13-9-18)38(32,33)34)6-4-3-5-7-23-17(2)27-29(25(23)31)19-10-14-21(15-11-19)39(35,36)37/h3-15,30H,1-2H3,(H,32,33,34)(H,35,36,37)/b5-3?,6-4?,23-7-. The van der Waals surface area contributed by atoms with E-state index in [4.69, 9.17) is 9.11 Å². The number of allylic oxidation sites excluding steroid dienone is 4. The molecule has 2 aromatic carbocycles.